The maximum absolute atomic E-state index is 5.51. The average molecular weight is 252 g/mol. The number of rotatable bonds is 6. The van der Waals surface area contributed by atoms with Crippen molar-refractivity contribution in [1.29, 1.82) is 0 Å². The molecule has 3 nitrogen and oxygen atoms in total. The summed E-state index contributed by atoms with van der Waals surface area (Å²) in [6, 6.07) is 7.79. The molecule has 0 radical (unpaired) electrons. The van der Waals surface area contributed by atoms with Crippen LogP contribution in [0.1, 0.15) is 26.7 Å². The summed E-state index contributed by atoms with van der Waals surface area (Å²) in [5, 5.41) is 6.96. The van der Waals surface area contributed by atoms with E-state index in [0.717, 1.165) is 30.8 Å². The van der Waals surface area contributed by atoms with E-state index >= 15 is 0 Å². The summed E-state index contributed by atoms with van der Waals surface area (Å²) < 4.78 is 5.51. The third-order valence-electron chi connectivity index (χ3n) is 2.25. The van der Waals surface area contributed by atoms with Gasteiger partial charge < -0.3 is 15.4 Å². The molecular weight excluding hydrogens is 232 g/mol. The van der Waals surface area contributed by atoms with Crippen LogP contribution in [0.15, 0.2) is 24.3 Å². The Morgan fingerprint density at radius 2 is 2.06 bits per heavy atom. The standard InChI is InChI=1S/C13H20N2OS/c1-3-5-10-14-13(17)15-11-8-6-7-9-12(11)16-4-2/h6-9H,3-5,10H2,1-2H3,(H2,14,15,17). The van der Waals surface area contributed by atoms with E-state index in [4.69, 9.17) is 17.0 Å². The summed E-state index contributed by atoms with van der Waals surface area (Å²) in [6.07, 6.45) is 2.28. The number of nitrogens with one attached hydrogen (secondary N) is 2. The number of anilines is 1. The molecule has 0 atom stereocenters. The molecule has 0 aliphatic carbocycles. The van der Waals surface area contributed by atoms with E-state index in [0.29, 0.717) is 11.7 Å². The van der Waals surface area contributed by atoms with Gasteiger partial charge in [0.1, 0.15) is 5.75 Å². The molecule has 0 bridgehead atoms. The van der Waals surface area contributed by atoms with Gasteiger partial charge in [-0.3, -0.25) is 0 Å². The molecule has 94 valence electrons. The van der Waals surface area contributed by atoms with E-state index in [1.807, 2.05) is 31.2 Å². The van der Waals surface area contributed by atoms with Crippen LogP contribution < -0.4 is 15.4 Å². The lowest BCUT2D eigenvalue weighted by Gasteiger charge is -2.13. The summed E-state index contributed by atoms with van der Waals surface area (Å²) in [7, 11) is 0. The Labute approximate surface area is 109 Å². The van der Waals surface area contributed by atoms with E-state index < -0.39 is 0 Å². The van der Waals surface area contributed by atoms with Crippen LogP contribution in [0.25, 0.3) is 0 Å². The summed E-state index contributed by atoms with van der Waals surface area (Å²) in [6.45, 7) is 5.67. The zero-order valence-electron chi connectivity index (χ0n) is 10.5. The summed E-state index contributed by atoms with van der Waals surface area (Å²) >= 11 is 5.22. The normalized spacial score (nSPS) is 9.76. The molecule has 0 heterocycles. The van der Waals surface area contributed by atoms with Gasteiger partial charge in [0, 0.05) is 6.54 Å². The molecule has 0 amide bonds. The first-order valence-corrected chi connectivity index (χ1v) is 6.45. The minimum absolute atomic E-state index is 0.644. The summed E-state index contributed by atoms with van der Waals surface area (Å²) in [5.74, 6) is 0.828. The second kappa shape index (κ2) is 7.90. The molecule has 0 saturated heterocycles. The van der Waals surface area contributed by atoms with Crippen LogP contribution in [0.5, 0.6) is 5.75 Å². The molecule has 0 unspecified atom stereocenters. The molecule has 0 aromatic heterocycles. The smallest absolute Gasteiger partial charge is 0.170 e. The predicted octanol–water partition coefficient (Wildman–Crippen LogP) is 3.17. The highest BCUT2D eigenvalue weighted by Gasteiger charge is 2.03. The number of unbranched alkanes of at least 4 members (excludes halogenated alkanes) is 1. The van der Waals surface area contributed by atoms with Crippen molar-refractivity contribution in [2.45, 2.75) is 26.7 Å². The molecule has 1 aromatic carbocycles. The number of para-hydroxylation sites is 2. The maximum Gasteiger partial charge on any atom is 0.170 e. The van der Waals surface area contributed by atoms with Crippen LogP contribution >= 0.6 is 12.2 Å². The highest BCUT2D eigenvalue weighted by molar-refractivity contribution is 7.80. The van der Waals surface area contributed by atoms with E-state index in [9.17, 15) is 0 Å². The molecule has 4 heteroatoms. The lowest BCUT2D eigenvalue weighted by atomic mass is 10.3. The van der Waals surface area contributed by atoms with E-state index in [2.05, 4.69) is 17.6 Å². The van der Waals surface area contributed by atoms with Gasteiger partial charge in [-0.2, -0.15) is 0 Å². The summed E-state index contributed by atoms with van der Waals surface area (Å²) in [4.78, 5) is 0. The third-order valence-corrected chi connectivity index (χ3v) is 2.50. The maximum atomic E-state index is 5.51. The van der Waals surface area contributed by atoms with Crippen molar-refractivity contribution in [3.8, 4) is 5.75 Å². The third kappa shape index (κ3) is 5.04. The molecule has 2 N–H and O–H groups in total. The highest BCUT2D eigenvalue weighted by atomic mass is 32.1. The topological polar surface area (TPSA) is 33.3 Å². The van der Waals surface area contributed by atoms with Crippen molar-refractivity contribution < 1.29 is 4.74 Å². The van der Waals surface area contributed by atoms with Crippen LogP contribution in [0.4, 0.5) is 5.69 Å². The zero-order chi connectivity index (χ0) is 12.5. The first-order valence-electron chi connectivity index (χ1n) is 6.04. The lowest BCUT2D eigenvalue weighted by Crippen LogP contribution is -2.29. The first kappa shape index (κ1) is 13.8. The largest absolute Gasteiger partial charge is 0.492 e. The molecular formula is C13H20N2OS. The lowest BCUT2D eigenvalue weighted by molar-refractivity contribution is 0.342. The van der Waals surface area contributed by atoms with Crippen molar-refractivity contribution >= 4 is 23.0 Å². The van der Waals surface area contributed by atoms with E-state index in [1.54, 1.807) is 0 Å². The van der Waals surface area contributed by atoms with Gasteiger partial charge in [0.05, 0.1) is 12.3 Å². The molecule has 0 spiro atoms. The quantitative estimate of drug-likeness (QED) is 0.602. The van der Waals surface area contributed by atoms with Crippen LogP contribution in [0, 0.1) is 0 Å². The molecule has 1 rings (SSSR count). The molecule has 17 heavy (non-hydrogen) atoms. The number of ether oxygens (including phenoxy) is 1. The fraction of sp³-hybridized carbons (Fsp3) is 0.462. The number of hydrogen-bond donors (Lipinski definition) is 2. The van der Waals surface area contributed by atoms with Gasteiger partial charge in [-0.25, -0.2) is 0 Å². The van der Waals surface area contributed by atoms with Crippen LogP contribution in [-0.2, 0) is 0 Å². The fourth-order valence-corrected chi connectivity index (χ4v) is 1.61. The van der Waals surface area contributed by atoms with Gasteiger partial charge in [-0.05, 0) is 37.7 Å². The summed E-state index contributed by atoms with van der Waals surface area (Å²) in [5.41, 5.74) is 0.906. The Morgan fingerprint density at radius 1 is 1.29 bits per heavy atom. The minimum Gasteiger partial charge on any atom is -0.492 e. The monoisotopic (exact) mass is 252 g/mol. The molecule has 0 saturated carbocycles. The van der Waals surface area contributed by atoms with Gasteiger partial charge in [0.2, 0.25) is 0 Å². The molecule has 0 fully saturated rings. The minimum atomic E-state index is 0.644. The molecule has 1 aromatic rings. The van der Waals surface area contributed by atoms with Crippen LogP contribution in [0.2, 0.25) is 0 Å². The van der Waals surface area contributed by atoms with Crippen molar-refractivity contribution in [3.63, 3.8) is 0 Å². The van der Waals surface area contributed by atoms with Crippen LogP contribution in [0.3, 0.4) is 0 Å². The van der Waals surface area contributed by atoms with Gasteiger partial charge in [-0.15, -0.1) is 0 Å². The number of hydrogen-bond acceptors (Lipinski definition) is 2. The second-order valence-corrected chi connectivity index (χ2v) is 4.07. The zero-order valence-corrected chi connectivity index (χ0v) is 11.3. The van der Waals surface area contributed by atoms with E-state index in [1.165, 1.54) is 0 Å². The van der Waals surface area contributed by atoms with Crippen molar-refractivity contribution in [2.24, 2.45) is 0 Å². The highest BCUT2D eigenvalue weighted by Crippen LogP contribution is 2.23. The molecule has 0 aliphatic heterocycles. The van der Waals surface area contributed by atoms with Crippen molar-refractivity contribution in [1.82, 2.24) is 5.32 Å². The average Bonchev–Trinajstić information content (AvgIpc) is 2.32. The Hall–Kier alpha value is -1.29. The predicted molar refractivity (Wildman–Crippen MR) is 76.7 cm³/mol. The van der Waals surface area contributed by atoms with Crippen molar-refractivity contribution in [2.75, 3.05) is 18.5 Å². The van der Waals surface area contributed by atoms with Gasteiger partial charge in [0.25, 0.3) is 0 Å². The van der Waals surface area contributed by atoms with Gasteiger partial charge in [0.15, 0.2) is 5.11 Å². The molecule has 0 aliphatic rings. The Balaban J connectivity index is 2.52. The van der Waals surface area contributed by atoms with Crippen LogP contribution in [-0.4, -0.2) is 18.3 Å². The van der Waals surface area contributed by atoms with Gasteiger partial charge >= 0.3 is 0 Å². The second-order valence-electron chi connectivity index (χ2n) is 3.66. The fourth-order valence-electron chi connectivity index (χ4n) is 1.40. The Kier molecular flexibility index (Phi) is 6.40. The van der Waals surface area contributed by atoms with E-state index in [-0.39, 0.29) is 0 Å². The van der Waals surface area contributed by atoms with Crippen molar-refractivity contribution in [3.05, 3.63) is 24.3 Å². The van der Waals surface area contributed by atoms with Gasteiger partial charge in [-0.1, -0.05) is 25.5 Å². The Bertz CT molecular complexity index is 355. The SMILES string of the molecule is CCCCNC(=S)Nc1ccccc1OCC. The number of benzene rings is 1. The first-order chi connectivity index (χ1) is 8.27. The Morgan fingerprint density at radius 3 is 2.76 bits per heavy atom. The number of thiocarbonyl (C=S) groups is 1.